The molecule has 98 valence electrons. The topological polar surface area (TPSA) is 29.5 Å². The fraction of sp³-hybridized carbons (Fsp3) is 0.462. The minimum absolute atomic E-state index is 0.0597. The van der Waals surface area contributed by atoms with E-state index in [1.807, 2.05) is 11.8 Å². The van der Waals surface area contributed by atoms with Crippen molar-refractivity contribution in [3.05, 3.63) is 35.4 Å². The van der Waals surface area contributed by atoms with Crippen LogP contribution in [-0.4, -0.2) is 43.0 Å². The van der Waals surface area contributed by atoms with Crippen LogP contribution in [0, 0.1) is 11.6 Å². The van der Waals surface area contributed by atoms with Crippen LogP contribution in [0.3, 0.4) is 0 Å². The zero-order valence-electron chi connectivity index (χ0n) is 10.2. The number of rotatable bonds is 3. The Balaban J connectivity index is 2.03. The molecule has 1 heterocycles. The Hall–Kier alpha value is -1.33. The smallest absolute Gasteiger partial charge is 0.179 e. The molecule has 0 N–H and O–H groups in total. The number of morpholine rings is 1. The molecule has 0 spiro atoms. The summed E-state index contributed by atoms with van der Waals surface area (Å²) in [5.74, 6) is -1.81. The number of carbonyl (C=O) groups excluding carboxylic acids is 1. The minimum Gasteiger partial charge on any atom is -0.376 e. The van der Waals surface area contributed by atoms with Crippen LogP contribution in [0.4, 0.5) is 8.78 Å². The van der Waals surface area contributed by atoms with Crippen LogP contribution in [0.2, 0.25) is 0 Å². The number of hydrogen-bond donors (Lipinski definition) is 0. The summed E-state index contributed by atoms with van der Waals surface area (Å²) in [4.78, 5) is 13.8. The first-order valence-corrected chi connectivity index (χ1v) is 5.88. The average Bonchev–Trinajstić information content (AvgIpc) is 2.28. The first-order valence-electron chi connectivity index (χ1n) is 5.88. The minimum atomic E-state index is -0.804. The molecule has 5 heteroatoms. The van der Waals surface area contributed by atoms with Gasteiger partial charge in [-0.3, -0.25) is 9.69 Å². The van der Waals surface area contributed by atoms with E-state index in [-0.39, 0.29) is 24.0 Å². The van der Waals surface area contributed by atoms with Gasteiger partial charge in [-0.2, -0.15) is 0 Å². The summed E-state index contributed by atoms with van der Waals surface area (Å²) in [6, 6.07) is 3.02. The lowest BCUT2D eigenvalue weighted by Crippen LogP contribution is -2.43. The van der Waals surface area contributed by atoms with Crippen molar-refractivity contribution in [2.24, 2.45) is 0 Å². The van der Waals surface area contributed by atoms with Crippen LogP contribution >= 0.6 is 0 Å². The van der Waals surface area contributed by atoms with Crippen molar-refractivity contribution in [2.75, 3.05) is 26.2 Å². The Morgan fingerprint density at radius 2 is 2.28 bits per heavy atom. The predicted octanol–water partition coefficient (Wildman–Crippen LogP) is 1.87. The third kappa shape index (κ3) is 3.11. The summed E-state index contributed by atoms with van der Waals surface area (Å²) in [5.41, 5.74) is -0.0597. The molecule has 1 aliphatic heterocycles. The molecule has 0 radical (unpaired) electrons. The van der Waals surface area contributed by atoms with Crippen LogP contribution in [-0.2, 0) is 4.74 Å². The molecule has 3 nitrogen and oxygen atoms in total. The molecule has 0 aliphatic carbocycles. The first kappa shape index (κ1) is 13.1. The Morgan fingerprint density at radius 1 is 1.50 bits per heavy atom. The lowest BCUT2D eigenvalue weighted by atomic mass is 10.1. The summed E-state index contributed by atoms with van der Waals surface area (Å²) in [6.45, 7) is 3.93. The summed E-state index contributed by atoms with van der Waals surface area (Å²) in [6.07, 6.45) is 0.0737. The van der Waals surface area contributed by atoms with Crippen LogP contribution in [0.15, 0.2) is 18.2 Å². The highest BCUT2D eigenvalue weighted by atomic mass is 19.1. The lowest BCUT2D eigenvalue weighted by Gasteiger charge is -2.30. The van der Waals surface area contributed by atoms with Crippen molar-refractivity contribution in [2.45, 2.75) is 13.0 Å². The zero-order chi connectivity index (χ0) is 13.1. The van der Waals surface area contributed by atoms with E-state index in [0.717, 1.165) is 12.1 Å². The van der Waals surface area contributed by atoms with E-state index < -0.39 is 11.6 Å². The number of carbonyl (C=O) groups is 1. The van der Waals surface area contributed by atoms with E-state index in [1.165, 1.54) is 6.07 Å². The molecule has 0 aromatic heterocycles. The van der Waals surface area contributed by atoms with Gasteiger partial charge in [0, 0.05) is 19.2 Å². The summed E-state index contributed by atoms with van der Waals surface area (Å²) >= 11 is 0. The highest BCUT2D eigenvalue weighted by molar-refractivity contribution is 5.97. The van der Waals surface area contributed by atoms with Gasteiger partial charge >= 0.3 is 0 Å². The first-order chi connectivity index (χ1) is 8.56. The number of Topliss-reactive ketones (excluding diaryl/α,β-unsaturated/α-hetero) is 1. The molecule has 1 atom stereocenters. The second kappa shape index (κ2) is 5.54. The molecule has 2 rings (SSSR count). The Morgan fingerprint density at radius 3 is 2.94 bits per heavy atom. The summed E-state index contributed by atoms with van der Waals surface area (Å²) in [7, 11) is 0. The molecular weight excluding hydrogens is 240 g/mol. The van der Waals surface area contributed by atoms with Crippen molar-refractivity contribution in [1.29, 1.82) is 0 Å². The maximum atomic E-state index is 13.4. The molecule has 18 heavy (non-hydrogen) atoms. The number of benzene rings is 1. The highest BCUT2D eigenvalue weighted by Crippen LogP contribution is 2.12. The number of hydrogen-bond acceptors (Lipinski definition) is 3. The standard InChI is InChI=1S/C13H15F2NO2/c1-9-7-16(4-5-18-9)8-13(17)11-3-2-10(14)6-12(11)15/h2-3,6,9H,4-5,7-8H2,1H3. The van der Waals surface area contributed by atoms with Crippen molar-refractivity contribution < 1.29 is 18.3 Å². The van der Waals surface area contributed by atoms with Gasteiger partial charge in [-0.15, -0.1) is 0 Å². The van der Waals surface area contributed by atoms with Crippen molar-refractivity contribution in [3.8, 4) is 0 Å². The van der Waals surface area contributed by atoms with Crippen molar-refractivity contribution >= 4 is 5.78 Å². The van der Waals surface area contributed by atoms with Gasteiger partial charge in [0.1, 0.15) is 11.6 Å². The molecule has 1 unspecified atom stereocenters. The fourth-order valence-corrected chi connectivity index (χ4v) is 2.04. The Bertz CT molecular complexity index is 451. The van der Waals surface area contributed by atoms with Crippen LogP contribution in [0.1, 0.15) is 17.3 Å². The quantitative estimate of drug-likeness (QED) is 0.772. The van der Waals surface area contributed by atoms with E-state index in [4.69, 9.17) is 4.74 Å². The molecule has 1 aromatic rings. The molecule has 1 aliphatic rings. The largest absolute Gasteiger partial charge is 0.376 e. The van der Waals surface area contributed by atoms with Crippen molar-refractivity contribution in [3.63, 3.8) is 0 Å². The second-order valence-corrected chi connectivity index (χ2v) is 4.46. The van der Waals surface area contributed by atoms with E-state index >= 15 is 0 Å². The highest BCUT2D eigenvalue weighted by Gasteiger charge is 2.21. The normalized spacial score (nSPS) is 20.9. The molecule has 1 aromatic carbocycles. The van der Waals surface area contributed by atoms with E-state index in [1.54, 1.807) is 0 Å². The van der Waals surface area contributed by atoms with E-state index in [0.29, 0.717) is 19.7 Å². The van der Waals surface area contributed by atoms with Crippen molar-refractivity contribution in [1.82, 2.24) is 4.90 Å². The van der Waals surface area contributed by atoms with Gasteiger partial charge in [0.15, 0.2) is 5.78 Å². The Kier molecular flexibility index (Phi) is 4.04. The molecule has 1 saturated heterocycles. The van der Waals surface area contributed by atoms with Gasteiger partial charge in [-0.25, -0.2) is 8.78 Å². The van der Waals surface area contributed by atoms with E-state index in [2.05, 4.69) is 0 Å². The summed E-state index contributed by atoms with van der Waals surface area (Å²) in [5, 5.41) is 0. The van der Waals surface area contributed by atoms with Gasteiger partial charge in [-0.1, -0.05) is 0 Å². The Labute approximate surface area is 104 Å². The maximum absolute atomic E-state index is 13.4. The molecule has 0 amide bonds. The molecular formula is C13H15F2NO2. The third-order valence-corrected chi connectivity index (χ3v) is 2.92. The monoisotopic (exact) mass is 255 g/mol. The second-order valence-electron chi connectivity index (χ2n) is 4.46. The number of ether oxygens (including phenoxy) is 1. The number of halogens is 2. The number of ketones is 1. The summed E-state index contributed by atoms with van der Waals surface area (Å²) < 4.78 is 31.5. The molecule has 1 fully saturated rings. The molecule has 0 bridgehead atoms. The molecule has 0 saturated carbocycles. The van der Waals surface area contributed by atoms with Gasteiger partial charge < -0.3 is 4.74 Å². The van der Waals surface area contributed by atoms with Gasteiger partial charge in [0.25, 0.3) is 0 Å². The number of nitrogens with zero attached hydrogens (tertiary/aromatic N) is 1. The zero-order valence-corrected chi connectivity index (χ0v) is 10.2. The van der Waals surface area contributed by atoms with Crippen LogP contribution in [0.25, 0.3) is 0 Å². The van der Waals surface area contributed by atoms with E-state index in [9.17, 15) is 13.6 Å². The van der Waals surface area contributed by atoms with Gasteiger partial charge in [-0.05, 0) is 19.1 Å². The third-order valence-electron chi connectivity index (χ3n) is 2.92. The average molecular weight is 255 g/mol. The predicted molar refractivity (Wildman–Crippen MR) is 62.5 cm³/mol. The van der Waals surface area contributed by atoms with Crippen LogP contribution < -0.4 is 0 Å². The lowest BCUT2D eigenvalue weighted by molar-refractivity contribution is -0.0158. The van der Waals surface area contributed by atoms with Crippen LogP contribution in [0.5, 0.6) is 0 Å². The SMILES string of the molecule is CC1CN(CC(=O)c2ccc(F)cc2F)CCO1. The maximum Gasteiger partial charge on any atom is 0.179 e. The van der Waals surface area contributed by atoms with Gasteiger partial charge in [0.2, 0.25) is 0 Å². The fourth-order valence-electron chi connectivity index (χ4n) is 2.04. The van der Waals surface area contributed by atoms with Gasteiger partial charge in [0.05, 0.1) is 24.8 Å².